The number of aliphatic carboxylic acids is 1. The lowest BCUT2D eigenvalue weighted by Gasteiger charge is -2.14. The number of carboxylic acids is 1. The molecule has 0 rings (SSSR count). The topological polar surface area (TPSA) is 133 Å². The number of carboxylic acid groups (broad SMARTS) is 1. The fourth-order valence-electron chi connectivity index (χ4n) is 2.55. The Balaban J connectivity index is 3.83. The fourth-order valence-corrected chi connectivity index (χ4v) is 2.90. The fraction of sp³-hybridized carbons (Fsp3) is 0.565. The van der Waals surface area contributed by atoms with E-state index < -0.39 is 32.3 Å². The van der Waals surface area contributed by atoms with Crippen molar-refractivity contribution in [2.45, 2.75) is 77.2 Å². The molecule has 0 bridgehead atoms. The number of hydrogen-bond donors (Lipinski definition) is 4. The number of nitrogens with one attached hydrogen (secondary N) is 1. The summed E-state index contributed by atoms with van der Waals surface area (Å²) in [5, 5.41) is 11.2. The zero-order valence-electron chi connectivity index (χ0n) is 18.9. The van der Waals surface area contributed by atoms with Crippen LogP contribution in [0.2, 0.25) is 0 Å². The van der Waals surface area contributed by atoms with Crippen LogP contribution in [-0.4, -0.2) is 39.4 Å². The van der Waals surface area contributed by atoms with E-state index in [2.05, 4.69) is 53.2 Å². The van der Waals surface area contributed by atoms with Gasteiger partial charge in [-0.15, -0.1) is 0 Å². The van der Waals surface area contributed by atoms with Crippen LogP contribution < -0.4 is 5.32 Å². The Labute approximate surface area is 191 Å². The molecular formula is C23H38NO7P. The van der Waals surface area contributed by atoms with E-state index >= 15 is 0 Å². The van der Waals surface area contributed by atoms with Crippen molar-refractivity contribution in [2.75, 3.05) is 6.61 Å². The summed E-state index contributed by atoms with van der Waals surface area (Å²) in [4.78, 5) is 40.0. The molecule has 0 aliphatic heterocycles. The Morgan fingerprint density at radius 1 is 0.875 bits per heavy atom. The van der Waals surface area contributed by atoms with Crippen molar-refractivity contribution in [2.24, 2.45) is 0 Å². The van der Waals surface area contributed by atoms with Gasteiger partial charge in [0.25, 0.3) is 0 Å². The predicted molar refractivity (Wildman–Crippen MR) is 126 cm³/mol. The van der Waals surface area contributed by atoms with Crippen LogP contribution in [0.3, 0.4) is 0 Å². The summed E-state index contributed by atoms with van der Waals surface area (Å²) in [6.45, 7) is 1.40. The molecule has 0 heterocycles. The van der Waals surface area contributed by atoms with Crippen molar-refractivity contribution in [3.63, 3.8) is 0 Å². The molecule has 1 atom stereocenters. The van der Waals surface area contributed by atoms with Crippen LogP contribution in [0.5, 0.6) is 0 Å². The number of amides is 1. The van der Waals surface area contributed by atoms with Gasteiger partial charge in [0.1, 0.15) is 0 Å². The number of unbranched alkanes of at least 4 members (excludes halogenated alkanes) is 4. The molecule has 32 heavy (non-hydrogen) atoms. The van der Waals surface area contributed by atoms with Crippen molar-refractivity contribution >= 4 is 19.7 Å². The van der Waals surface area contributed by atoms with Gasteiger partial charge in [-0.25, -0.2) is 9.36 Å². The zero-order chi connectivity index (χ0) is 24.1. The lowest BCUT2D eigenvalue weighted by atomic mass is 10.2. The molecule has 0 aliphatic rings. The highest BCUT2D eigenvalue weighted by atomic mass is 31.2. The second-order valence-electron chi connectivity index (χ2n) is 7.23. The van der Waals surface area contributed by atoms with Crippen LogP contribution in [0.1, 0.15) is 71.1 Å². The lowest BCUT2D eigenvalue weighted by molar-refractivity contribution is -0.142. The Bertz CT molecular complexity index is 680. The highest BCUT2D eigenvalue weighted by Crippen LogP contribution is 2.35. The second kappa shape index (κ2) is 19.7. The first-order valence-electron chi connectivity index (χ1n) is 11.1. The van der Waals surface area contributed by atoms with E-state index in [4.69, 9.17) is 14.9 Å². The molecule has 9 heteroatoms. The summed E-state index contributed by atoms with van der Waals surface area (Å²) in [5.41, 5.74) is 0. The second-order valence-corrected chi connectivity index (χ2v) is 8.46. The van der Waals surface area contributed by atoms with Crippen LogP contribution >= 0.6 is 7.82 Å². The lowest BCUT2D eigenvalue weighted by Crippen LogP contribution is -2.43. The molecule has 0 saturated heterocycles. The van der Waals surface area contributed by atoms with E-state index in [1.807, 2.05) is 12.2 Å². The number of hydrogen-bond acceptors (Lipinski definition) is 4. The maximum absolute atomic E-state index is 11.8. The largest absolute Gasteiger partial charge is 0.480 e. The van der Waals surface area contributed by atoms with Gasteiger partial charge in [-0.3, -0.25) is 9.32 Å². The van der Waals surface area contributed by atoms with E-state index in [1.165, 1.54) is 19.3 Å². The molecule has 0 aromatic heterocycles. The third-order valence-corrected chi connectivity index (χ3v) is 4.76. The molecule has 0 unspecified atom stereocenters. The maximum Gasteiger partial charge on any atom is 0.469 e. The number of phosphoric acid groups is 1. The monoisotopic (exact) mass is 471 g/mol. The highest BCUT2D eigenvalue weighted by Gasteiger charge is 2.24. The van der Waals surface area contributed by atoms with E-state index in [0.29, 0.717) is 12.8 Å². The van der Waals surface area contributed by atoms with Gasteiger partial charge in [0, 0.05) is 6.42 Å². The molecule has 0 fully saturated rings. The molecule has 1 amide bonds. The summed E-state index contributed by atoms with van der Waals surface area (Å²) in [7, 11) is -4.79. The van der Waals surface area contributed by atoms with Crippen LogP contribution in [0, 0.1) is 0 Å². The number of carbonyl (C=O) groups excluding carboxylic acids is 1. The summed E-state index contributed by atoms with van der Waals surface area (Å²) < 4.78 is 14.8. The van der Waals surface area contributed by atoms with Crippen LogP contribution in [0.15, 0.2) is 48.6 Å². The molecule has 8 nitrogen and oxygen atoms in total. The van der Waals surface area contributed by atoms with Gasteiger partial charge in [0.2, 0.25) is 5.91 Å². The standard InChI is InChI=1S/C23H38NO7P/c1-2-3-4-5-6-7-8-9-10-11-12-13-14-15-16-17-18-19-22(25)24-21(23(26)27)20-31-32(28,29)30/h6-7,9-10,12-13,15-16,21H,2-5,8,11,14,17-20H2,1H3,(H,24,25)(H,26,27)(H2,28,29,30)/b7-6-,10-9-,13-12-,16-15-/t21-/m0/s1. The van der Waals surface area contributed by atoms with E-state index in [-0.39, 0.29) is 6.42 Å². The van der Waals surface area contributed by atoms with Gasteiger partial charge in [0.15, 0.2) is 6.04 Å². The number of phosphoric ester groups is 1. The first-order chi connectivity index (χ1) is 15.3. The summed E-state index contributed by atoms with van der Waals surface area (Å²) >= 11 is 0. The van der Waals surface area contributed by atoms with Crippen molar-refractivity contribution in [1.82, 2.24) is 5.32 Å². The van der Waals surface area contributed by atoms with E-state index in [1.54, 1.807) is 0 Å². The average molecular weight is 472 g/mol. The highest BCUT2D eigenvalue weighted by molar-refractivity contribution is 7.46. The van der Waals surface area contributed by atoms with Crippen LogP contribution in [0.25, 0.3) is 0 Å². The van der Waals surface area contributed by atoms with Crippen molar-refractivity contribution in [3.05, 3.63) is 48.6 Å². The van der Waals surface area contributed by atoms with Gasteiger partial charge >= 0.3 is 13.8 Å². The molecule has 0 saturated carbocycles. The molecule has 0 radical (unpaired) electrons. The third kappa shape index (κ3) is 21.2. The van der Waals surface area contributed by atoms with Gasteiger partial charge in [-0.2, -0.15) is 0 Å². The van der Waals surface area contributed by atoms with Crippen LogP contribution in [-0.2, 0) is 18.7 Å². The molecule has 182 valence electrons. The Kier molecular flexibility index (Phi) is 18.5. The minimum Gasteiger partial charge on any atom is -0.480 e. The minimum absolute atomic E-state index is 0.109. The molecule has 0 spiro atoms. The Morgan fingerprint density at radius 3 is 1.84 bits per heavy atom. The van der Waals surface area contributed by atoms with Gasteiger partial charge in [0.05, 0.1) is 6.61 Å². The van der Waals surface area contributed by atoms with Crippen molar-refractivity contribution in [3.8, 4) is 0 Å². The molecule has 0 aromatic rings. The Hall–Kier alpha value is -1.99. The van der Waals surface area contributed by atoms with Gasteiger partial charge in [-0.1, -0.05) is 68.4 Å². The quantitative estimate of drug-likeness (QED) is 0.121. The molecule has 4 N–H and O–H groups in total. The third-order valence-electron chi connectivity index (χ3n) is 4.27. The normalized spacial score (nSPS) is 13.6. The van der Waals surface area contributed by atoms with E-state index in [9.17, 15) is 14.2 Å². The minimum atomic E-state index is -4.79. The smallest absolute Gasteiger partial charge is 0.469 e. The Morgan fingerprint density at radius 2 is 1.38 bits per heavy atom. The number of allylic oxidation sites excluding steroid dienone is 8. The van der Waals surface area contributed by atoms with Crippen molar-refractivity contribution in [1.29, 1.82) is 0 Å². The summed E-state index contributed by atoms with van der Waals surface area (Å²) in [6.07, 6.45) is 25.9. The molecule has 0 aromatic carbocycles. The van der Waals surface area contributed by atoms with Crippen LogP contribution in [0.4, 0.5) is 0 Å². The van der Waals surface area contributed by atoms with Gasteiger partial charge in [-0.05, 0) is 44.9 Å². The first-order valence-corrected chi connectivity index (χ1v) is 12.6. The first kappa shape index (κ1) is 30.0. The van der Waals surface area contributed by atoms with Crippen molar-refractivity contribution < 1.29 is 33.6 Å². The SMILES string of the molecule is CCCCC/C=C\C/C=C\C/C=C\C/C=C\CCCC(=O)N[C@@H](COP(=O)(O)O)C(=O)O. The van der Waals surface area contributed by atoms with E-state index in [0.717, 1.165) is 25.7 Å². The average Bonchev–Trinajstić information content (AvgIpc) is 2.72. The maximum atomic E-state index is 11.8. The summed E-state index contributed by atoms with van der Waals surface area (Å²) in [5.74, 6) is -1.94. The number of rotatable bonds is 19. The summed E-state index contributed by atoms with van der Waals surface area (Å²) in [6, 6.07) is -1.51. The van der Waals surface area contributed by atoms with Gasteiger partial charge < -0.3 is 20.2 Å². The molecular weight excluding hydrogens is 433 g/mol. The molecule has 0 aliphatic carbocycles. The predicted octanol–water partition coefficient (Wildman–Crippen LogP) is 4.81. The zero-order valence-corrected chi connectivity index (χ0v) is 19.8. The number of carbonyl (C=O) groups is 2.